The molecule has 6 heteroatoms. The van der Waals surface area contributed by atoms with Crippen LogP contribution in [0.3, 0.4) is 0 Å². The van der Waals surface area contributed by atoms with E-state index >= 15 is 0 Å². The van der Waals surface area contributed by atoms with Crippen LogP contribution in [0.4, 0.5) is 0 Å². The van der Waals surface area contributed by atoms with Crippen molar-refractivity contribution >= 4 is 11.8 Å². The van der Waals surface area contributed by atoms with Crippen LogP contribution in [-0.2, 0) is 16.0 Å². The van der Waals surface area contributed by atoms with Crippen LogP contribution in [0.1, 0.15) is 73.6 Å². The molecule has 0 bridgehead atoms. The number of nitrogens with one attached hydrogen (secondary N) is 1. The molecule has 3 fully saturated rings. The van der Waals surface area contributed by atoms with Gasteiger partial charge in [-0.25, -0.2) is 9.97 Å². The number of hydrogen-bond donors (Lipinski definition) is 1. The smallest absolute Gasteiger partial charge is 0.225 e. The molecular weight excluding hydrogens is 340 g/mol. The monoisotopic (exact) mass is 370 g/mol. The number of likely N-dealkylation sites (tertiary alicyclic amines) is 1. The minimum atomic E-state index is 0.0755. The molecular formula is C21H30N4O2. The molecule has 3 aliphatic rings. The molecule has 1 aliphatic heterocycles. The van der Waals surface area contributed by atoms with E-state index in [0.717, 1.165) is 68.0 Å². The van der Waals surface area contributed by atoms with E-state index in [-0.39, 0.29) is 17.7 Å². The highest BCUT2D eigenvalue weighted by Gasteiger charge is 2.37. The van der Waals surface area contributed by atoms with Crippen molar-refractivity contribution in [1.82, 2.24) is 20.2 Å². The summed E-state index contributed by atoms with van der Waals surface area (Å²) in [5.41, 5.74) is 2.73. The predicted molar refractivity (Wildman–Crippen MR) is 102 cm³/mol. The second kappa shape index (κ2) is 7.56. The Bertz CT molecular complexity index is 715. The molecule has 0 spiro atoms. The summed E-state index contributed by atoms with van der Waals surface area (Å²) in [6.45, 7) is 5.49. The maximum Gasteiger partial charge on any atom is 0.225 e. The number of amides is 2. The van der Waals surface area contributed by atoms with E-state index in [2.05, 4.69) is 5.32 Å². The summed E-state index contributed by atoms with van der Waals surface area (Å²) in [7, 11) is 0. The number of hydrogen-bond acceptors (Lipinski definition) is 4. The Labute approximate surface area is 161 Å². The number of aromatic nitrogens is 2. The normalized spacial score (nSPS) is 23.0. The summed E-state index contributed by atoms with van der Waals surface area (Å²) in [5.74, 6) is 1.70. The highest BCUT2D eigenvalue weighted by Crippen LogP contribution is 2.34. The maximum atomic E-state index is 12.4. The number of aryl methyl sites for hydroxylation is 2. The second-order valence-electron chi connectivity index (χ2n) is 8.50. The molecule has 6 nitrogen and oxygen atoms in total. The molecule has 1 saturated heterocycles. The van der Waals surface area contributed by atoms with Crippen molar-refractivity contribution in [2.24, 2.45) is 5.92 Å². The predicted octanol–water partition coefficient (Wildman–Crippen LogP) is 2.42. The molecule has 1 N–H and O–H groups in total. The molecule has 2 saturated carbocycles. The fourth-order valence-electron chi connectivity index (χ4n) is 4.47. The summed E-state index contributed by atoms with van der Waals surface area (Å²) >= 11 is 0. The van der Waals surface area contributed by atoms with Crippen molar-refractivity contribution in [3.63, 3.8) is 0 Å². The first-order chi connectivity index (χ1) is 13.0. The standard InChI is InChI=1S/C21H30N4O2/c1-13-18(11-19(26)24-17-5-3-4-6-17)14(2)23-20(22-13)16-9-10-25(12-16)21(27)15-7-8-15/h15-17H,3-12H2,1-2H3,(H,24,26)/t16-/m1/s1. The van der Waals surface area contributed by atoms with Gasteiger partial charge < -0.3 is 10.2 Å². The van der Waals surface area contributed by atoms with Crippen LogP contribution < -0.4 is 5.32 Å². The Kier molecular flexibility index (Phi) is 5.15. The molecule has 4 rings (SSSR count). The summed E-state index contributed by atoms with van der Waals surface area (Å²) in [4.78, 5) is 36.1. The number of nitrogens with zero attached hydrogens (tertiary/aromatic N) is 3. The average molecular weight is 370 g/mol. The lowest BCUT2D eigenvalue weighted by Gasteiger charge is -2.17. The molecule has 0 aromatic carbocycles. The molecule has 146 valence electrons. The van der Waals surface area contributed by atoms with E-state index in [4.69, 9.17) is 9.97 Å². The molecule has 1 atom stereocenters. The van der Waals surface area contributed by atoms with Crippen LogP contribution in [0.5, 0.6) is 0 Å². The van der Waals surface area contributed by atoms with E-state index in [9.17, 15) is 9.59 Å². The Hall–Kier alpha value is -1.98. The lowest BCUT2D eigenvalue weighted by atomic mass is 10.0. The van der Waals surface area contributed by atoms with Gasteiger partial charge in [0.25, 0.3) is 0 Å². The molecule has 1 aromatic rings. The van der Waals surface area contributed by atoms with Gasteiger partial charge in [-0.1, -0.05) is 12.8 Å². The topological polar surface area (TPSA) is 75.2 Å². The zero-order valence-corrected chi connectivity index (χ0v) is 16.5. The minimum absolute atomic E-state index is 0.0755. The Morgan fingerprint density at radius 2 is 1.70 bits per heavy atom. The van der Waals surface area contributed by atoms with Crippen molar-refractivity contribution in [2.45, 2.75) is 77.2 Å². The van der Waals surface area contributed by atoms with Gasteiger partial charge in [0.2, 0.25) is 11.8 Å². The van der Waals surface area contributed by atoms with Crippen LogP contribution in [0.15, 0.2) is 0 Å². The summed E-state index contributed by atoms with van der Waals surface area (Å²) < 4.78 is 0. The first-order valence-electron chi connectivity index (χ1n) is 10.4. The van der Waals surface area contributed by atoms with Gasteiger partial charge in [0.05, 0.1) is 6.42 Å². The van der Waals surface area contributed by atoms with Crippen molar-refractivity contribution in [2.75, 3.05) is 13.1 Å². The summed E-state index contributed by atoms with van der Waals surface area (Å²) in [6, 6.07) is 0.340. The largest absolute Gasteiger partial charge is 0.353 e. The Morgan fingerprint density at radius 1 is 1.04 bits per heavy atom. The fourth-order valence-corrected chi connectivity index (χ4v) is 4.47. The summed E-state index contributed by atoms with van der Waals surface area (Å²) in [6.07, 6.45) is 7.99. The zero-order valence-electron chi connectivity index (χ0n) is 16.5. The van der Waals surface area contributed by atoms with Crippen LogP contribution in [-0.4, -0.2) is 45.8 Å². The second-order valence-corrected chi connectivity index (χ2v) is 8.50. The van der Waals surface area contributed by atoms with Crippen LogP contribution in [0, 0.1) is 19.8 Å². The number of rotatable bonds is 5. The molecule has 0 radical (unpaired) electrons. The van der Waals surface area contributed by atoms with Crippen LogP contribution >= 0.6 is 0 Å². The lowest BCUT2D eigenvalue weighted by molar-refractivity contribution is -0.131. The van der Waals surface area contributed by atoms with Crippen molar-refractivity contribution in [3.8, 4) is 0 Å². The van der Waals surface area contributed by atoms with Crippen LogP contribution in [0.25, 0.3) is 0 Å². The van der Waals surface area contributed by atoms with Gasteiger partial charge in [0.1, 0.15) is 5.82 Å². The Balaban J connectivity index is 1.40. The zero-order chi connectivity index (χ0) is 19.0. The third-order valence-corrected chi connectivity index (χ3v) is 6.29. The van der Waals surface area contributed by atoms with E-state index in [1.807, 2.05) is 18.7 Å². The van der Waals surface area contributed by atoms with E-state index < -0.39 is 0 Å². The highest BCUT2D eigenvalue weighted by atomic mass is 16.2. The molecule has 27 heavy (non-hydrogen) atoms. The van der Waals surface area contributed by atoms with Gasteiger partial charge >= 0.3 is 0 Å². The summed E-state index contributed by atoms with van der Waals surface area (Å²) in [5, 5.41) is 3.15. The number of carbonyl (C=O) groups is 2. The number of carbonyl (C=O) groups excluding carboxylic acids is 2. The first-order valence-corrected chi connectivity index (χ1v) is 10.4. The quantitative estimate of drug-likeness (QED) is 0.864. The SMILES string of the molecule is Cc1nc([C@@H]2CCN(C(=O)C3CC3)C2)nc(C)c1CC(=O)NC1CCCC1. The van der Waals surface area contributed by atoms with Gasteiger partial charge in [0.15, 0.2) is 0 Å². The molecule has 2 heterocycles. The van der Waals surface area contributed by atoms with Gasteiger partial charge in [-0.15, -0.1) is 0 Å². The third kappa shape index (κ3) is 4.14. The minimum Gasteiger partial charge on any atom is -0.353 e. The first kappa shape index (κ1) is 18.4. The fraction of sp³-hybridized carbons (Fsp3) is 0.714. The van der Waals surface area contributed by atoms with Crippen molar-refractivity contribution in [1.29, 1.82) is 0 Å². The molecule has 1 aromatic heterocycles. The van der Waals surface area contributed by atoms with E-state index in [1.165, 1.54) is 12.8 Å². The lowest BCUT2D eigenvalue weighted by Crippen LogP contribution is -2.34. The van der Waals surface area contributed by atoms with Gasteiger partial charge in [-0.05, 0) is 46.0 Å². The van der Waals surface area contributed by atoms with Gasteiger partial charge in [-0.3, -0.25) is 9.59 Å². The Morgan fingerprint density at radius 3 is 2.33 bits per heavy atom. The molecule has 2 aliphatic carbocycles. The third-order valence-electron chi connectivity index (χ3n) is 6.29. The average Bonchev–Trinajstić information content (AvgIpc) is 3.14. The van der Waals surface area contributed by atoms with Gasteiger partial charge in [0, 0.05) is 47.9 Å². The molecule has 0 unspecified atom stereocenters. The van der Waals surface area contributed by atoms with E-state index in [0.29, 0.717) is 18.4 Å². The maximum absolute atomic E-state index is 12.4. The van der Waals surface area contributed by atoms with E-state index in [1.54, 1.807) is 0 Å². The van der Waals surface area contributed by atoms with Gasteiger partial charge in [-0.2, -0.15) is 0 Å². The van der Waals surface area contributed by atoms with Crippen molar-refractivity contribution in [3.05, 3.63) is 22.8 Å². The van der Waals surface area contributed by atoms with Crippen LogP contribution in [0.2, 0.25) is 0 Å². The molecule has 2 amide bonds. The van der Waals surface area contributed by atoms with Crippen molar-refractivity contribution < 1.29 is 9.59 Å². The highest BCUT2D eigenvalue weighted by molar-refractivity contribution is 5.81.